The number of hydrogen-bond acceptors (Lipinski definition) is 1. The van der Waals surface area contributed by atoms with Gasteiger partial charge in [-0.2, -0.15) is 0 Å². The maximum Gasteiger partial charge on any atom is 0.0945 e. The van der Waals surface area contributed by atoms with Crippen LogP contribution in [-0.4, -0.2) is 9.55 Å². The summed E-state index contributed by atoms with van der Waals surface area (Å²) in [6.07, 6.45) is 30.3. The van der Waals surface area contributed by atoms with Crippen molar-refractivity contribution in [3.8, 4) is 0 Å². The molecule has 0 atom stereocenters. The van der Waals surface area contributed by atoms with Crippen LogP contribution in [0.15, 0.2) is 18.7 Å². The van der Waals surface area contributed by atoms with E-state index in [0.717, 1.165) is 6.54 Å². The van der Waals surface area contributed by atoms with Crippen molar-refractivity contribution in [3.63, 3.8) is 0 Å². The smallest absolute Gasteiger partial charge is 0.0945 e. The monoisotopic (exact) mass is 334 g/mol. The van der Waals surface area contributed by atoms with E-state index in [-0.39, 0.29) is 0 Å². The van der Waals surface area contributed by atoms with Crippen LogP contribution in [0.25, 0.3) is 0 Å². The standard InChI is InChI=1S/C22H42N2/c1-2-3-4-5-6-7-8-9-10-11-12-13-14-15-16-17-18-20-24-21-19-23-22-24/h19,21-22H,2-18,20H2,1H3. The lowest BCUT2D eigenvalue weighted by Crippen LogP contribution is -1.93. The Hall–Kier alpha value is -0.790. The van der Waals surface area contributed by atoms with E-state index in [0.29, 0.717) is 0 Å². The molecule has 2 heteroatoms. The molecule has 1 rings (SSSR count). The Bertz CT molecular complexity index is 332. The molecule has 0 amide bonds. The lowest BCUT2D eigenvalue weighted by Gasteiger charge is -2.04. The molecule has 0 unspecified atom stereocenters. The summed E-state index contributed by atoms with van der Waals surface area (Å²) in [7, 11) is 0. The zero-order valence-electron chi connectivity index (χ0n) is 16.4. The number of aromatic nitrogens is 2. The molecule has 2 nitrogen and oxygen atoms in total. The molecule has 1 aromatic rings. The van der Waals surface area contributed by atoms with Gasteiger partial charge in [0.2, 0.25) is 0 Å². The maximum atomic E-state index is 4.08. The Morgan fingerprint density at radius 1 is 0.583 bits per heavy atom. The minimum absolute atomic E-state index is 1.14. The van der Waals surface area contributed by atoms with Gasteiger partial charge in [-0.3, -0.25) is 0 Å². The van der Waals surface area contributed by atoms with Crippen LogP contribution in [0, 0.1) is 0 Å². The van der Waals surface area contributed by atoms with Crippen molar-refractivity contribution < 1.29 is 0 Å². The number of unbranched alkanes of at least 4 members (excludes halogenated alkanes) is 16. The number of nitrogens with zero attached hydrogens (tertiary/aromatic N) is 2. The van der Waals surface area contributed by atoms with Gasteiger partial charge in [0.15, 0.2) is 0 Å². The van der Waals surface area contributed by atoms with E-state index >= 15 is 0 Å². The van der Waals surface area contributed by atoms with Crippen LogP contribution >= 0.6 is 0 Å². The first kappa shape index (κ1) is 21.3. The quantitative estimate of drug-likeness (QED) is 0.254. The Balaban J connectivity index is 1.66. The van der Waals surface area contributed by atoms with E-state index in [1.807, 2.05) is 12.5 Å². The van der Waals surface area contributed by atoms with Gasteiger partial charge in [-0.15, -0.1) is 0 Å². The summed E-state index contributed by atoms with van der Waals surface area (Å²) in [5, 5.41) is 0. The summed E-state index contributed by atoms with van der Waals surface area (Å²) < 4.78 is 2.19. The maximum absolute atomic E-state index is 4.08. The van der Waals surface area contributed by atoms with E-state index < -0.39 is 0 Å². The van der Waals surface area contributed by atoms with Gasteiger partial charge in [-0.25, -0.2) is 4.98 Å². The van der Waals surface area contributed by atoms with Crippen LogP contribution in [0.4, 0.5) is 0 Å². The first-order valence-electron chi connectivity index (χ1n) is 10.9. The minimum Gasteiger partial charge on any atom is -0.337 e. The van der Waals surface area contributed by atoms with E-state index in [4.69, 9.17) is 0 Å². The van der Waals surface area contributed by atoms with Crippen LogP contribution in [0.5, 0.6) is 0 Å². The Kier molecular flexibility index (Phi) is 15.1. The van der Waals surface area contributed by atoms with Gasteiger partial charge in [-0.1, -0.05) is 110 Å². The van der Waals surface area contributed by atoms with Gasteiger partial charge in [0.1, 0.15) is 0 Å². The van der Waals surface area contributed by atoms with E-state index in [2.05, 4.69) is 22.7 Å². The fourth-order valence-corrected chi connectivity index (χ4v) is 3.44. The number of imidazole rings is 1. The average Bonchev–Trinajstić information content (AvgIpc) is 3.11. The molecule has 24 heavy (non-hydrogen) atoms. The van der Waals surface area contributed by atoms with E-state index in [9.17, 15) is 0 Å². The largest absolute Gasteiger partial charge is 0.337 e. The highest BCUT2D eigenvalue weighted by atomic mass is 15.0. The van der Waals surface area contributed by atoms with Crippen molar-refractivity contribution in [2.75, 3.05) is 0 Å². The summed E-state index contributed by atoms with van der Waals surface area (Å²) in [5.74, 6) is 0. The SMILES string of the molecule is CCCCCCCCCCCCCCCCCCCn1ccnc1. The molecule has 1 heterocycles. The van der Waals surface area contributed by atoms with Gasteiger partial charge in [0, 0.05) is 18.9 Å². The van der Waals surface area contributed by atoms with Gasteiger partial charge < -0.3 is 4.57 Å². The molecule has 0 N–H and O–H groups in total. The topological polar surface area (TPSA) is 17.8 Å². The molecule has 0 fully saturated rings. The second kappa shape index (κ2) is 17.0. The summed E-state index contributed by atoms with van der Waals surface area (Å²) >= 11 is 0. The highest BCUT2D eigenvalue weighted by molar-refractivity contribution is 4.73. The lowest BCUT2D eigenvalue weighted by atomic mass is 10.0. The summed E-state index contributed by atoms with van der Waals surface area (Å²) in [4.78, 5) is 4.08. The van der Waals surface area contributed by atoms with Crippen molar-refractivity contribution in [2.45, 2.75) is 123 Å². The highest BCUT2D eigenvalue weighted by Crippen LogP contribution is 2.14. The number of rotatable bonds is 18. The van der Waals surface area contributed by atoms with Gasteiger partial charge in [-0.05, 0) is 6.42 Å². The first-order valence-corrected chi connectivity index (χ1v) is 10.9. The number of hydrogen-bond donors (Lipinski definition) is 0. The van der Waals surface area contributed by atoms with Gasteiger partial charge >= 0.3 is 0 Å². The van der Waals surface area contributed by atoms with Crippen LogP contribution in [0.3, 0.4) is 0 Å². The molecular formula is C22H42N2. The Labute approximate surface area is 151 Å². The molecule has 1 aromatic heterocycles. The summed E-state index contributed by atoms with van der Waals surface area (Å²) in [6.45, 7) is 3.43. The van der Waals surface area contributed by atoms with Crippen molar-refractivity contribution in [1.82, 2.24) is 9.55 Å². The molecule has 0 bridgehead atoms. The predicted octanol–water partition coefficient (Wildman–Crippen LogP) is 7.53. The molecule has 0 saturated heterocycles. The van der Waals surface area contributed by atoms with Crippen molar-refractivity contribution in [2.24, 2.45) is 0 Å². The Morgan fingerprint density at radius 2 is 1.00 bits per heavy atom. The molecular weight excluding hydrogens is 292 g/mol. The normalized spacial score (nSPS) is 11.2. The number of aryl methyl sites for hydroxylation is 1. The van der Waals surface area contributed by atoms with E-state index in [1.54, 1.807) is 0 Å². The van der Waals surface area contributed by atoms with Crippen LogP contribution < -0.4 is 0 Å². The van der Waals surface area contributed by atoms with Crippen molar-refractivity contribution in [1.29, 1.82) is 0 Å². The van der Waals surface area contributed by atoms with Crippen molar-refractivity contribution in [3.05, 3.63) is 18.7 Å². The van der Waals surface area contributed by atoms with Crippen LogP contribution in [-0.2, 0) is 6.54 Å². The third-order valence-electron chi connectivity index (χ3n) is 5.08. The fourth-order valence-electron chi connectivity index (χ4n) is 3.44. The second-order valence-electron chi connectivity index (χ2n) is 7.46. The fraction of sp³-hybridized carbons (Fsp3) is 0.864. The molecule has 0 saturated carbocycles. The molecule has 0 aliphatic rings. The third kappa shape index (κ3) is 13.6. The van der Waals surface area contributed by atoms with Gasteiger partial charge in [0.05, 0.1) is 6.33 Å². The van der Waals surface area contributed by atoms with Crippen molar-refractivity contribution >= 4 is 0 Å². The van der Waals surface area contributed by atoms with Gasteiger partial charge in [0.25, 0.3) is 0 Å². The molecule has 0 radical (unpaired) electrons. The molecule has 0 aliphatic carbocycles. The highest BCUT2D eigenvalue weighted by Gasteiger charge is 1.95. The molecule has 140 valence electrons. The Morgan fingerprint density at radius 3 is 1.38 bits per heavy atom. The first-order chi connectivity index (χ1) is 11.9. The predicted molar refractivity (Wildman–Crippen MR) is 106 cm³/mol. The summed E-state index contributed by atoms with van der Waals surface area (Å²) in [5.41, 5.74) is 0. The average molecular weight is 335 g/mol. The lowest BCUT2D eigenvalue weighted by molar-refractivity contribution is 0.519. The summed E-state index contributed by atoms with van der Waals surface area (Å²) in [6, 6.07) is 0. The minimum atomic E-state index is 1.14. The molecule has 0 spiro atoms. The third-order valence-corrected chi connectivity index (χ3v) is 5.08. The zero-order valence-corrected chi connectivity index (χ0v) is 16.4. The molecule has 0 aromatic carbocycles. The van der Waals surface area contributed by atoms with Crippen LogP contribution in [0.2, 0.25) is 0 Å². The van der Waals surface area contributed by atoms with E-state index in [1.165, 1.54) is 109 Å². The van der Waals surface area contributed by atoms with Crippen LogP contribution in [0.1, 0.15) is 116 Å². The molecule has 0 aliphatic heterocycles. The second-order valence-corrected chi connectivity index (χ2v) is 7.46. The zero-order chi connectivity index (χ0) is 17.1.